The van der Waals surface area contributed by atoms with E-state index < -0.39 is 46.1 Å². The molecule has 0 saturated carbocycles. The third-order valence-corrected chi connectivity index (χ3v) is 4.50. The minimum Gasteiger partial charge on any atom is -0.457 e. The predicted molar refractivity (Wildman–Crippen MR) is 113 cm³/mol. The number of hydrogen-bond donors (Lipinski definition) is 2. The second-order valence-corrected chi connectivity index (χ2v) is 7.10. The molecule has 15 heteroatoms. The lowest BCUT2D eigenvalue weighted by atomic mass is 10.2. The number of anilines is 1. The van der Waals surface area contributed by atoms with Crippen molar-refractivity contribution in [2.24, 2.45) is 0 Å². The molecule has 3 aromatic rings. The Balaban J connectivity index is 1.57. The highest BCUT2D eigenvalue weighted by molar-refractivity contribution is 6.31. The minimum atomic E-state index is -4.71. The quantitative estimate of drug-likeness (QED) is 0.163. The van der Waals surface area contributed by atoms with E-state index in [1.807, 2.05) is 5.48 Å². The third-order valence-electron chi connectivity index (χ3n) is 4.17. The number of amides is 3. The molecule has 0 unspecified atom stereocenters. The highest BCUT2D eigenvalue weighted by Gasteiger charge is 2.33. The molecule has 8 nitrogen and oxygen atoms in total. The SMILES string of the molecule is O=C(NOc1ccc(Cl)c(C(F)(F)F)c1)Nc1ccc(Oc2ccnc(C(=O)N(F)C(F)F)c2)cc1. The van der Waals surface area contributed by atoms with Crippen LogP contribution in [0.15, 0.2) is 60.8 Å². The second kappa shape index (κ2) is 11.0. The fourth-order valence-electron chi connectivity index (χ4n) is 2.58. The molecule has 0 atom stereocenters. The van der Waals surface area contributed by atoms with Gasteiger partial charge in [0.15, 0.2) is 5.75 Å². The van der Waals surface area contributed by atoms with Crippen LogP contribution < -0.4 is 20.4 Å². The number of rotatable bonds is 7. The lowest BCUT2D eigenvalue weighted by Gasteiger charge is -2.13. The maximum atomic E-state index is 13.1. The van der Waals surface area contributed by atoms with Gasteiger partial charge >= 0.3 is 24.7 Å². The van der Waals surface area contributed by atoms with Crippen LogP contribution in [0.1, 0.15) is 16.1 Å². The maximum absolute atomic E-state index is 13.1. The predicted octanol–water partition coefficient (Wildman–Crippen LogP) is 6.21. The van der Waals surface area contributed by atoms with Gasteiger partial charge in [0, 0.05) is 18.0 Å². The number of carbonyl (C=O) groups excluding carboxylic acids is 2. The highest BCUT2D eigenvalue weighted by atomic mass is 35.5. The van der Waals surface area contributed by atoms with Gasteiger partial charge in [-0.15, -0.1) is 5.12 Å². The molecular weight excluding hydrogens is 522 g/mol. The first-order valence-electron chi connectivity index (χ1n) is 9.56. The fraction of sp³-hybridized carbons (Fsp3) is 0.0952. The molecular formula is C21H13ClF6N4O4. The van der Waals surface area contributed by atoms with Crippen molar-refractivity contribution < 1.29 is 45.6 Å². The van der Waals surface area contributed by atoms with E-state index in [0.717, 1.165) is 24.4 Å². The monoisotopic (exact) mass is 534 g/mol. The normalized spacial score (nSPS) is 11.1. The average molecular weight is 535 g/mol. The van der Waals surface area contributed by atoms with Crippen LogP contribution in [0.25, 0.3) is 0 Å². The van der Waals surface area contributed by atoms with E-state index in [1.165, 1.54) is 30.3 Å². The summed E-state index contributed by atoms with van der Waals surface area (Å²) in [6.45, 7) is -3.66. The molecule has 3 rings (SSSR count). The first-order chi connectivity index (χ1) is 16.9. The van der Waals surface area contributed by atoms with Gasteiger partial charge in [0.05, 0.1) is 10.6 Å². The number of nitrogens with zero attached hydrogens (tertiary/aromatic N) is 2. The van der Waals surface area contributed by atoms with Crippen LogP contribution in [0.5, 0.6) is 17.2 Å². The van der Waals surface area contributed by atoms with Gasteiger partial charge in [-0.05, 0) is 48.5 Å². The van der Waals surface area contributed by atoms with Crippen molar-refractivity contribution in [2.75, 3.05) is 5.32 Å². The first-order valence-corrected chi connectivity index (χ1v) is 9.94. The van der Waals surface area contributed by atoms with Gasteiger partial charge in [-0.3, -0.25) is 9.78 Å². The van der Waals surface area contributed by atoms with Crippen molar-refractivity contribution in [1.29, 1.82) is 0 Å². The summed E-state index contributed by atoms with van der Waals surface area (Å²) >= 11 is 5.51. The first kappa shape index (κ1) is 26.4. The van der Waals surface area contributed by atoms with Crippen LogP contribution in [0.2, 0.25) is 5.02 Å². The second-order valence-electron chi connectivity index (χ2n) is 6.69. The Bertz CT molecular complexity index is 1240. The molecule has 0 aliphatic heterocycles. The fourth-order valence-corrected chi connectivity index (χ4v) is 2.80. The van der Waals surface area contributed by atoms with Crippen LogP contribution in [-0.2, 0) is 6.18 Å². The largest absolute Gasteiger partial charge is 0.457 e. The van der Waals surface area contributed by atoms with E-state index in [9.17, 15) is 36.0 Å². The van der Waals surface area contributed by atoms with E-state index in [1.54, 1.807) is 0 Å². The molecule has 1 aromatic heterocycles. The Hall–Kier alpha value is -4.20. The topological polar surface area (TPSA) is 92.8 Å². The summed E-state index contributed by atoms with van der Waals surface area (Å²) < 4.78 is 81.9. The Kier molecular flexibility index (Phi) is 8.09. The number of halogens is 7. The average Bonchev–Trinajstić information content (AvgIpc) is 2.83. The van der Waals surface area contributed by atoms with Gasteiger partial charge in [-0.2, -0.15) is 27.4 Å². The third kappa shape index (κ3) is 6.91. The van der Waals surface area contributed by atoms with Crippen molar-refractivity contribution in [3.63, 3.8) is 0 Å². The summed E-state index contributed by atoms with van der Waals surface area (Å²) in [5.74, 6) is -1.79. The molecule has 190 valence electrons. The number of ether oxygens (including phenoxy) is 1. The molecule has 2 aromatic carbocycles. The van der Waals surface area contributed by atoms with E-state index in [0.29, 0.717) is 6.07 Å². The summed E-state index contributed by atoms with van der Waals surface area (Å²) in [5, 5.41) is 0.547. The summed E-state index contributed by atoms with van der Waals surface area (Å²) in [6, 6.07) is 9.56. The van der Waals surface area contributed by atoms with Gasteiger partial charge in [0.2, 0.25) is 0 Å². The summed E-state index contributed by atoms with van der Waals surface area (Å²) in [4.78, 5) is 31.9. The molecule has 36 heavy (non-hydrogen) atoms. The number of alkyl halides is 5. The molecule has 0 aliphatic rings. The van der Waals surface area contributed by atoms with Crippen molar-refractivity contribution in [3.05, 3.63) is 77.1 Å². The number of hydrogen-bond acceptors (Lipinski definition) is 5. The van der Waals surface area contributed by atoms with Gasteiger partial charge < -0.3 is 14.9 Å². The summed E-state index contributed by atoms with van der Waals surface area (Å²) in [7, 11) is 0. The molecule has 2 N–H and O–H groups in total. The van der Waals surface area contributed by atoms with Crippen LogP contribution in [-0.4, -0.2) is 28.6 Å². The number of benzene rings is 2. The number of aromatic nitrogens is 1. The number of urea groups is 1. The molecule has 3 amide bonds. The van der Waals surface area contributed by atoms with E-state index >= 15 is 0 Å². The number of hydroxylamine groups is 1. The molecule has 0 radical (unpaired) electrons. The molecule has 0 saturated heterocycles. The maximum Gasteiger partial charge on any atom is 0.417 e. The Morgan fingerprint density at radius 1 is 0.972 bits per heavy atom. The van der Waals surface area contributed by atoms with E-state index in [-0.39, 0.29) is 22.9 Å². The van der Waals surface area contributed by atoms with Crippen molar-refractivity contribution in [3.8, 4) is 17.2 Å². The lowest BCUT2D eigenvalue weighted by molar-refractivity contribution is -0.137. The number of nitrogens with one attached hydrogen (secondary N) is 2. The Labute approximate surface area is 203 Å². The van der Waals surface area contributed by atoms with Gasteiger partial charge in [0.1, 0.15) is 17.2 Å². The highest BCUT2D eigenvalue weighted by Crippen LogP contribution is 2.36. The standard InChI is InChI=1S/C21H13ClF6N4O4/c22-16-6-5-14(9-15(16)21(25,26)27)36-31-20(34)30-11-1-3-12(4-2-11)35-13-7-8-29-17(10-13)18(33)32(28)19(23)24/h1-10,19H,(H2,30,31,34). The molecule has 0 bridgehead atoms. The Morgan fingerprint density at radius 3 is 2.28 bits per heavy atom. The molecule has 0 fully saturated rings. The smallest absolute Gasteiger partial charge is 0.417 e. The lowest BCUT2D eigenvalue weighted by Crippen LogP contribution is -2.31. The minimum absolute atomic E-state index is 0.0101. The zero-order valence-corrected chi connectivity index (χ0v) is 18.3. The van der Waals surface area contributed by atoms with Crippen molar-refractivity contribution in [1.82, 2.24) is 15.6 Å². The Morgan fingerprint density at radius 2 is 1.64 bits per heavy atom. The summed E-state index contributed by atoms with van der Waals surface area (Å²) in [6.07, 6.45) is -3.66. The van der Waals surface area contributed by atoms with Gasteiger partial charge in [0.25, 0.3) is 0 Å². The molecule has 1 heterocycles. The number of carbonyl (C=O) groups is 2. The van der Waals surface area contributed by atoms with E-state index in [4.69, 9.17) is 21.2 Å². The van der Waals surface area contributed by atoms with Crippen molar-refractivity contribution in [2.45, 2.75) is 12.7 Å². The van der Waals surface area contributed by atoms with Crippen LogP contribution in [0, 0.1) is 0 Å². The zero-order valence-electron chi connectivity index (χ0n) is 17.5. The van der Waals surface area contributed by atoms with Crippen LogP contribution >= 0.6 is 11.6 Å². The van der Waals surface area contributed by atoms with E-state index in [2.05, 4.69) is 10.3 Å². The van der Waals surface area contributed by atoms with Crippen LogP contribution in [0.4, 0.5) is 36.9 Å². The molecule has 0 aliphatic carbocycles. The zero-order chi connectivity index (χ0) is 26.5. The summed E-state index contributed by atoms with van der Waals surface area (Å²) in [5.41, 5.74) is 0.388. The van der Waals surface area contributed by atoms with Gasteiger partial charge in [-0.25, -0.2) is 4.79 Å². The number of pyridine rings is 1. The van der Waals surface area contributed by atoms with Gasteiger partial charge in [-0.1, -0.05) is 16.1 Å². The van der Waals surface area contributed by atoms with Crippen LogP contribution in [0.3, 0.4) is 0 Å². The van der Waals surface area contributed by atoms with Crippen molar-refractivity contribution >= 4 is 29.2 Å². The molecule has 0 spiro atoms.